The minimum atomic E-state index is -3.37. The van der Waals surface area contributed by atoms with E-state index in [0.29, 0.717) is 38.9 Å². The maximum absolute atomic E-state index is 12.8. The molecule has 154 valence electrons. The van der Waals surface area contributed by atoms with E-state index in [1.807, 2.05) is 0 Å². The van der Waals surface area contributed by atoms with Crippen molar-refractivity contribution in [3.8, 4) is 0 Å². The molecule has 2 aliphatic heterocycles. The average molecular weight is 420 g/mol. The van der Waals surface area contributed by atoms with Crippen LogP contribution < -0.4 is 5.32 Å². The summed E-state index contributed by atoms with van der Waals surface area (Å²) in [6.07, 6.45) is 5.66. The van der Waals surface area contributed by atoms with Crippen molar-refractivity contribution in [2.75, 3.05) is 39.5 Å². The van der Waals surface area contributed by atoms with Crippen LogP contribution in [0.2, 0.25) is 0 Å². The normalized spacial score (nSPS) is 34.7. The standard InChI is InChI=1S/C17H29N3O5S2/c1-18-15(21)17-6-5-16(14(17)11-20(12-17)26(2,22)23)7-9-19(10-8-16)27(24,25)13-3-4-13/h13-14H,3-12H2,1-2H3,(H,18,21)/t14-,17+/m0/s1. The van der Waals surface area contributed by atoms with Gasteiger partial charge in [0.2, 0.25) is 26.0 Å². The molecule has 4 aliphatic rings. The van der Waals surface area contributed by atoms with Crippen LogP contribution in [0.1, 0.15) is 38.5 Å². The lowest BCUT2D eigenvalue weighted by Crippen LogP contribution is -2.49. The molecule has 10 heteroatoms. The van der Waals surface area contributed by atoms with Crippen molar-refractivity contribution in [1.82, 2.24) is 13.9 Å². The molecule has 27 heavy (non-hydrogen) atoms. The highest BCUT2D eigenvalue weighted by molar-refractivity contribution is 7.90. The lowest BCUT2D eigenvalue weighted by atomic mass is 9.66. The number of amides is 1. The van der Waals surface area contributed by atoms with Gasteiger partial charge in [0.1, 0.15) is 0 Å². The second-order valence-electron chi connectivity index (χ2n) is 8.85. The van der Waals surface area contributed by atoms with E-state index >= 15 is 0 Å². The van der Waals surface area contributed by atoms with Crippen molar-refractivity contribution in [2.45, 2.75) is 43.8 Å². The molecule has 8 nitrogen and oxygen atoms in total. The van der Waals surface area contributed by atoms with Gasteiger partial charge >= 0.3 is 0 Å². The molecule has 4 fully saturated rings. The van der Waals surface area contributed by atoms with Crippen molar-refractivity contribution in [3.05, 3.63) is 0 Å². The monoisotopic (exact) mass is 419 g/mol. The van der Waals surface area contributed by atoms with Gasteiger partial charge in [-0.25, -0.2) is 25.4 Å². The Kier molecular flexibility index (Phi) is 4.46. The summed E-state index contributed by atoms with van der Waals surface area (Å²) in [5.74, 6) is -0.131. The van der Waals surface area contributed by atoms with Crippen LogP contribution in [0.15, 0.2) is 0 Å². The Bertz CT molecular complexity index is 844. The van der Waals surface area contributed by atoms with E-state index in [4.69, 9.17) is 0 Å². The lowest BCUT2D eigenvalue weighted by molar-refractivity contribution is -0.132. The topological polar surface area (TPSA) is 104 Å². The van der Waals surface area contributed by atoms with Crippen LogP contribution in [0.25, 0.3) is 0 Å². The molecule has 1 spiro atoms. The van der Waals surface area contributed by atoms with E-state index in [0.717, 1.165) is 19.3 Å². The van der Waals surface area contributed by atoms with E-state index in [2.05, 4.69) is 5.32 Å². The lowest BCUT2D eigenvalue weighted by Gasteiger charge is -2.44. The third-order valence-electron chi connectivity index (χ3n) is 7.49. The molecule has 0 aromatic heterocycles. The molecular weight excluding hydrogens is 390 g/mol. The molecule has 0 aromatic rings. The third-order valence-corrected chi connectivity index (χ3v) is 11.1. The maximum Gasteiger partial charge on any atom is 0.227 e. The van der Waals surface area contributed by atoms with E-state index in [9.17, 15) is 21.6 Å². The Hall–Kier alpha value is -0.710. The van der Waals surface area contributed by atoms with Crippen molar-refractivity contribution in [2.24, 2.45) is 16.7 Å². The summed E-state index contributed by atoms with van der Waals surface area (Å²) in [5, 5.41) is 2.55. The van der Waals surface area contributed by atoms with Crippen LogP contribution in [0.5, 0.6) is 0 Å². The van der Waals surface area contributed by atoms with Crippen LogP contribution in [-0.2, 0) is 24.8 Å². The minimum absolute atomic E-state index is 0.0505. The zero-order valence-corrected chi connectivity index (χ0v) is 17.6. The van der Waals surface area contributed by atoms with Gasteiger partial charge < -0.3 is 5.32 Å². The Labute approximate surface area is 161 Å². The summed E-state index contributed by atoms with van der Waals surface area (Å²) in [7, 11) is -4.95. The zero-order chi connectivity index (χ0) is 19.7. The predicted molar refractivity (Wildman–Crippen MR) is 101 cm³/mol. The van der Waals surface area contributed by atoms with Crippen molar-refractivity contribution in [3.63, 3.8) is 0 Å². The largest absolute Gasteiger partial charge is 0.359 e. The van der Waals surface area contributed by atoms with Gasteiger partial charge in [0.05, 0.1) is 16.9 Å². The summed E-state index contributed by atoms with van der Waals surface area (Å²) < 4.78 is 52.5. The number of hydrogen-bond acceptors (Lipinski definition) is 5. The second kappa shape index (κ2) is 6.14. The molecule has 0 unspecified atom stereocenters. The van der Waals surface area contributed by atoms with Gasteiger partial charge in [-0.1, -0.05) is 0 Å². The Morgan fingerprint density at radius 2 is 1.63 bits per heavy atom. The molecule has 0 aromatic carbocycles. The first-order valence-corrected chi connectivity index (χ1v) is 13.1. The van der Waals surface area contributed by atoms with E-state index < -0.39 is 25.5 Å². The predicted octanol–water partition coefficient (Wildman–Crippen LogP) is -0.0216. The fourth-order valence-corrected chi connectivity index (χ4v) is 8.48. The highest BCUT2D eigenvalue weighted by Gasteiger charge is 2.65. The summed E-state index contributed by atoms with van der Waals surface area (Å²) in [5.41, 5.74) is -0.836. The van der Waals surface area contributed by atoms with E-state index in [-0.39, 0.29) is 29.0 Å². The summed E-state index contributed by atoms with van der Waals surface area (Å²) in [4.78, 5) is 12.8. The van der Waals surface area contributed by atoms with Crippen molar-refractivity contribution >= 4 is 26.0 Å². The van der Waals surface area contributed by atoms with Gasteiger partial charge in [-0.05, 0) is 49.9 Å². The quantitative estimate of drug-likeness (QED) is 0.690. The van der Waals surface area contributed by atoms with Crippen LogP contribution in [0, 0.1) is 16.7 Å². The molecule has 0 bridgehead atoms. The van der Waals surface area contributed by atoms with Crippen molar-refractivity contribution < 1.29 is 21.6 Å². The van der Waals surface area contributed by atoms with Crippen LogP contribution in [-0.4, -0.2) is 76.1 Å². The molecule has 0 radical (unpaired) electrons. The first kappa shape index (κ1) is 19.6. The number of fused-ring (bicyclic) bond motifs is 2. The fraction of sp³-hybridized carbons (Fsp3) is 0.941. The van der Waals surface area contributed by atoms with Gasteiger partial charge in [0, 0.05) is 33.2 Å². The van der Waals surface area contributed by atoms with Gasteiger partial charge in [-0.15, -0.1) is 0 Å². The Balaban J connectivity index is 1.59. The smallest absolute Gasteiger partial charge is 0.227 e. The molecule has 2 heterocycles. The van der Waals surface area contributed by atoms with Crippen LogP contribution in [0.3, 0.4) is 0 Å². The molecule has 1 amide bonds. The molecule has 4 rings (SSSR count). The zero-order valence-electron chi connectivity index (χ0n) is 16.0. The third kappa shape index (κ3) is 2.94. The molecule has 2 saturated carbocycles. The number of piperidine rings is 1. The van der Waals surface area contributed by atoms with Gasteiger partial charge in [-0.3, -0.25) is 4.79 Å². The number of rotatable bonds is 4. The Morgan fingerprint density at radius 1 is 1.00 bits per heavy atom. The highest BCUT2D eigenvalue weighted by atomic mass is 32.2. The van der Waals surface area contributed by atoms with E-state index in [1.54, 1.807) is 11.4 Å². The van der Waals surface area contributed by atoms with Crippen LogP contribution >= 0.6 is 0 Å². The number of carbonyl (C=O) groups is 1. The summed E-state index contributed by atoms with van der Waals surface area (Å²) in [6.45, 7) is 1.57. The minimum Gasteiger partial charge on any atom is -0.359 e. The number of carbonyl (C=O) groups excluding carboxylic acids is 1. The average Bonchev–Trinajstić information content (AvgIpc) is 3.33. The fourth-order valence-electron chi connectivity index (χ4n) is 5.75. The maximum atomic E-state index is 12.8. The molecular formula is C17H29N3O5S2. The van der Waals surface area contributed by atoms with Gasteiger partial charge in [-0.2, -0.15) is 0 Å². The molecule has 2 aliphatic carbocycles. The molecule has 2 atom stereocenters. The second-order valence-corrected chi connectivity index (χ2v) is 13.0. The number of nitrogens with one attached hydrogen (secondary N) is 1. The first-order chi connectivity index (χ1) is 12.6. The van der Waals surface area contributed by atoms with Gasteiger partial charge in [0.25, 0.3) is 0 Å². The van der Waals surface area contributed by atoms with Crippen LogP contribution in [0.4, 0.5) is 0 Å². The SMILES string of the molecule is CNC(=O)[C@@]12CCC3(CCN(S(=O)(=O)C4CC4)CC3)[C@@H]1CN(S(C)(=O)=O)C2. The number of nitrogens with zero attached hydrogens (tertiary/aromatic N) is 2. The highest BCUT2D eigenvalue weighted by Crippen LogP contribution is 2.62. The van der Waals surface area contributed by atoms with E-state index in [1.165, 1.54) is 10.6 Å². The number of hydrogen-bond donors (Lipinski definition) is 1. The molecule has 2 saturated heterocycles. The Morgan fingerprint density at radius 3 is 2.15 bits per heavy atom. The summed E-state index contributed by atoms with van der Waals surface area (Å²) in [6, 6.07) is 0. The molecule has 1 N–H and O–H groups in total. The summed E-state index contributed by atoms with van der Waals surface area (Å²) >= 11 is 0. The first-order valence-electron chi connectivity index (χ1n) is 9.71. The van der Waals surface area contributed by atoms with Crippen molar-refractivity contribution in [1.29, 1.82) is 0 Å². The van der Waals surface area contributed by atoms with Gasteiger partial charge in [0.15, 0.2) is 0 Å². The number of sulfonamides is 2.